The van der Waals surface area contributed by atoms with Gasteiger partial charge in [0.05, 0.1) is 6.54 Å². The second-order valence-corrected chi connectivity index (χ2v) is 4.21. The summed E-state index contributed by atoms with van der Waals surface area (Å²) in [6.07, 6.45) is 5.59. The summed E-state index contributed by atoms with van der Waals surface area (Å²) >= 11 is 0. The third-order valence-corrected chi connectivity index (χ3v) is 3.00. The summed E-state index contributed by atoms with van der Waals surface area (Å²) in [7, 11) is 0. The molecule has 90 valence electrons. The largest absolute Gasteiger partial charge is 0.340 e. The van der Waals surface area contributed by atoms with Gasteiger partial charge in [0.1, 0.15) is 5.82 Å². The second kappa shape index (κ2) is 4.58. The van der Waals surface area contributed by atoms with Crippen molar-refractivity contribution in [2.24, 2.45) is 5.73 Å². The number of fused-ring (bicyclic) bond motifs is 1. The minimum atomic E-state index is 0.572. The number of nitrogens with two attached hydrogens (primary N) is 1. The molecule has 0 aliphatic carbocycles. The molecule has 0 aliphatic heterocycles. The van der Waals surface area contributed by atoms with Crippen molar-refractivity contribution in [2.45, 2.75) is 13.1 Å². The van der Waals surface area contributed by atoms with Crippen LogP contribution in [0.2, 0.25) is 0 Å². The monoisotopic (exact) mass is 238 g/mol. The van der Waals surface area contributed by atoms with Crippen LogP contribution < -0.4 is 5.73 Å². The third-order valence-electron chi connectivity index (χ3n) is 3.00. The summed E-state index contributed by atoms with van der Waals surface area (Å²) in [5.74, 6) is 0.818. The average molecular weight is 238 g/mol. The highest BCUT2D eigenvalue weighted by atomic mass is 15.0. The molecule has 0 amide bonds. The molecule has 2 aromatic heterocycles. The van der Waals surface area contributed by atoms with Crippen molar-refractivity contribution in [3.05, 3.63) is 60.3 Å². The summed E-state index contributed by atoms with van der Waals surface area (Å²) in [6, 6.07) is 10.2. The molecule has 0 fully saturated rings. The van der Waals surface area contributed by atoms with Crippen molar-refractivity contribution in [2.75, 3.05) is 0 Å². The molecule has 0 spiro atoms. The van der Waals surface area contributed by atoms with Crippen LogP contribution in [0, 0.1) is 0 Å². The van der Waals surface area contributed by atoms with Crippen LogP contribution in [0.3, 0.4) is 0 Å². The molecule has 0 saturated carbocycles. The van der Waals surface area contributed by atoms with Crippen molar-refractivity contribution in [1.82, 2.24) is 14.5 Å². The number of aromatic nitrogens is 3. The zero-order chi connectivity index (χ0) is 12.4. The Morgan fingerprint density at radius 1 is 1.11 bits per heavy atom. The van der Waals surface area contributed by atoms with Gasteiger partial charge in [0.25, 0.3) is 0 Å². The van der Waals surface area contributed by atoms with Gasteiger partial charge in [-0.1, -0.05) is 6.07 Å². The van der Waals surface area contributed by atoms with E-state index in [1.807, 2.05) is 6.07 Å². The van der Waals surface area contributed by atoms with Gasteiger partial charge in [0, 0.05) is 30.7 Å². The van der Waals surface area contributed by atoms with Crippen LogP contribution in [0.1, 0.15) is 11.4 Å². The van der Waals surface area contributed by atoms with Gasteiger partial charge in [-0.15, -0.1) is 0 Å². The first-order valence-electron chi connectivity index (χ1n) is 5.90. The molecule has 0 bridgehead atoms. The first-order chi connectivity index (χ1) is 8.86. The lowest BCUT2D eigenvalue weighted by atomic mass is 10.1. The Kier molecular flexibility index (Phi) is 2.78. The van der Waals surface area contributed by atoms with Crippen LogP contribution in [-0.2, 0) is 13.1 Å². The minimum Gasteiger partial charge on any atom is -0.340 e. The minimum absolute atomic E-state index is 0.572. The van der Waals surface area contributed by atoms with Gasteiger partial charge >= 0.3 is 0 Å². The van der Waals surface area contributed by atoms with Crippen molar-refractivity contribution in [3.63, 3.8) is 0 Å². The van der Waals surface area contributed by atoms with Crippen LogP contribution in [0.4, 0.5) is 0 Å². The number of hydrogen-bond acceptors (Lipinski definition) is 3. The van der Waals surface area contributed by atoms with E-state index in [9.17, 15) is 0 Å². The Balaban J connectivity index is 1.98. The van der Waals surface area contributed by atoms with Crippen LogP contribution in [0.15, 0.2) is 48.9 Å². The predicted molar refractivity (Wildman–Crippen MR) is 71.0 cm³/mol. The van der Waals surface area contributed by atoms with Crippen molar-refractivity contribution < 1.29 is 0 Å². The normalized spacial score (nSPS) is 10.9. The first-order valence-corrected chi connectivity index (χ1v) is 5.90. The van der Waals surface area contributed by atoms with E-state index in [4.69, 9.17) is 5.73 Å². The van der Waals surface area contributed by atoms with Gasteiger partial charge in [-0.05, 0) is 35.2 Å². The van der Waals surface area contributed by atoms with Gasteiger partial charge in [-0.25, -0.2) is 9.97 Å². The molecule has 2 N–H and O–H groups in total. The van der Waals surface area contributed by atoms with Crippen LogP contribution in [0.25, 0.3) is 10.9 Å². The van der Waals surface area contributed by atoms with E-state index in [1.165, 1.54) is 10.9 Å². The van der Waals surface area contributed by atoms with Gasteiger partial charge in [-0.3, -0.25) is 0 Å². The fourth-order valence-electron chi connectivity index (χ4n) is 2.08. The predicted octanol–water partition coefficient (Wildman–Crippen LogP) is 1.94. The van der Waals surface area contributed by atoms with E-state index in [2.05, 4.69) is 45.0 Å². The highest BCUT2D eigenvalue weighted by molar-refractivity contribution is 5.80. The number of benzene rings is 1. The maximum Gasteiger partial charge on any atom is 0.147 e. The Morgan fingerprint density at radius 2 is 1.94 bits per heavy atom. The Bertz CT molecular complexity index is 658. The van der Waals surface area contributed by atoms with Crippen LogP contribution in [0.5, 0.6) is 0 Å². The molecule has 2 heterocycles. The first kappa shape index (κ1) is 10.9. The van der Waals surface area contributed by atoms with Gasteiger partial charge in [0.2, 0.25) is 0 Å². The molecule has 18 heavy (non-hydrogen) atoms. The summed E-state index contributed by atoms with van der Waals surface area (Å²) in [5.41, 5.74) is 7.97. The summed E-state index contributed by atoms with van der Waals surface area (Å²) in [5, 5.41) is 1.20. The molecule has 1 aromatic carbocycles. The Labute approximate surface area is 105 Å². The second-order valence-electron chi connectivity index (χ2n) is 4.21. The lowest BCUT2D eigenvalue weighted by molar-refractivity contribution is 0.771. The van der Waals surface area contributed by atoms with E-state index >= 15 is 0 Å². The molecule has 3 aromatic rings. The number of hydrogen-bond donors (Lipinski definition) is 1. The zero-order valence-electron chi connectivity index (χ0n) is 9.95. The highest BCUT2D eigenvalue weighted by Gasteiger charge is 2.03. The van der Waals surface area contributed by atoms with E-state index in [1.54, 1.807) is 12.4 Å². The molecule has 0 saturated heterocycles. The fraction of sp³-hybridized carbons (Fsp3) is 0.143. The van der Waals surface area contributed by atoms with Crippen molar-refractivity contribution >= 4 is 10.9 Å². The summed E-state index contributed by atoms with van der Waals surface area (Å²) in [6.45, 7) is 1.26. The Morgan fingerprint density at radius 3 is 2.72 bits per heavy atom. The Hall–Kier alpha value is -2.20. The van der Waals surface area contributed by atoms with Crippen LogP contribution in [-0.4, -0.2) is 14.5 Å². The summed E-state index contributed by atoms with van der Waals surface area (Å²) < 4.78 is 2.14. The standard InChI is InChI=1S/C14H14N4/c15-9-11-2-3-13-12(8-11)4-7-18(13)10-14-16-5-1-6-17-14/h1-8H,9-10,15H2. The molecule has 4 nitrogen and oxygen atoms in total. The topological polar surface area (TPSA) is 56.7 Å². The maximum atomic E-state index is 5.64. The lowest BCUT2D eigenvalue weighted by Gasteiger charge is -2.04. The van der Waals surface area contributed by atoms with E-state index in [-0.39, 0.29) is 0 Å². The molecular formula is C14H14N4. The van der Waals surface area contributed by atoms with Gasteiger partial charge < -0.3 is 10.3 Å². The molecule has 0 unspecified atom stereocenters. The van der Waals surface area contributed by atoms with Gasteiger partial charge in [0.15, 0.2) is 0 Å². The maximum absolute atomic E-state index is 5.64. The third kappa shape index (κ3) is 1.98. The molecule has 0 atom stereocenters. The SMILES string of the molecule is NCc1ccc2c(ccn2Cc2ncccn2)c1. The lowest BCUT2D eigenvalue weighted by Crippen LogP contribution is -2.02. The van der Waals surface area contributed by atoms with Crippen molar-refractivity contribution in [3.8, 4) is 0 Å². The molecule has 3 rings (SSSR count). The summed E-state index contributed by atoms with van der Waals surface area (Å²) in [4.78, 5) is 8.48. The quantitative estimate of drug-likeness (QED) is 0.758. The molecular weight excluding hydrogens is 224 g/mol. The number of nitrogens with zero attached hydrogens (tertiary/aromatic N) is 3. The molecule has 0 radical (unpaired) electrons. The van der Waals surface area contributed by atoms with E-state index in [0.29, 0.717) is 13.1 Å². The zero-order valence-corrected chi connectivity index (χ0v) is 9.95. The van der Waals surface area contributed by atoms with Crippen molar-refractivity contribution in [1.29, 1.82) is 0 Å². The smallest absolute Gasteiger partial charge is 0.147 e. The van der Waals surface area contributed by atoms with Crippen LogP contribution >= 0.6 is 0 Å². The highest BCUT2D eigenvalue weighted by Crippen LogP contribution is 2.18. The number of rotatable bonds is 3. The van der Waals surface area contributed by atoms with Gasteiger partial charge in [-0.2, -0.15) is 0 Å². The van der Waals surface area contributed by atoms with E-state index < -0.39 is 0 Å². The average Bonchev–Trinajstić information content (AvgIpc) is 2.82. The molecule has 4 heteroatoms. The molecule has 0 aliphatic rings. The van der Waals surface area contributed by atoms with E-state index in [0.717, 1.165) is 11.4 Å². The fourth-order valence-corrected chi connectivity index (χ4v) is 2.08.